The lowest BCUT2D eigenvalue weighted by atomic mass is 10.1. The van der Waals surface area contributed by atoms with Gasteiger partial charge in [0.1, 0.15) is 0 Å². The quantitative estimate of drug-likeness (QED) is 0.859. The lowest BCUT2D eigenvalue weighted by Crippen LogP contribution is -2.40. The van der Waals surface area contributed by atoms with Crippen LogP contribution in [0.25, 0.3) is 0 Å². The smallest absolute Gasteiger partial charge is 0.214 e. The standard InChI is InChI=1S/C13H19N3O2S/c17-19(18,8-4-11-1-5-14-6-2-11)16-7-3-12-9-15-10-13(12)16/h1-2,5-6,12-13,15H,3-4,7-10H2/t12-,13+/m0/s1. The Kier molecular flexibility index (Phi) is 3.56. The number of aromatic nitrogens is 1. The van der Waals surface area contributed by atoms with Gasteiger partial charge in [-0.05, 0) is 43.0 Å². The number of nitrogens with zero attached hydrogens (tertiary/aromatic N) is 2. The molecule has 0 spiro atoms. The van der Waals surface area contributed by atoms with Gasteiger partial charge in [0.05, 0.1) is 5.75 Å². The van der Waals surface area contributed by atoms with Crippen molar-refractivity contribution in [2.75, 3.05) is 25.4 Å². The number of pyridine rings is 1. The zero-order valence-corrected chi connectivity index (χ0v) is 11.6. The van der Waals surface area contributed by atoms with Gasteiger partial charge in [-0.15, -0.1) is 0 Å². The van der Waals surface area contributed by atoms with Gasteiger partial charge in [-0.25, -0.2) is 8.42 Å². The maximum absolute atomic E-state index is 12.4. The Labute approximate surface area is 114 Å². The lowest BCUT2D eigenvalue weighted by molar-refractivity contribution is 0.383. The predicted octanol–water partition coefficient (Wildman–Crippen LogP) is 0.248. The van der Waals surface area contributed by atoms with Gasteiger partial charge in [0.25, 0.3) is 0 Å². The van der Waals surface area contributed by atoms with E-state index in [4.69, 9.17) is 0 Å². The molecule has 6 heteroatoms. The summed E-state index contributed by atoms with van der Waals surface area (Å²) in [4.78, 5) is 3.94. The van der Waals surface area contributed by atoms with Crippen molar-refractivity contribution in [1.82, 2.24) is 14.6 Å². The van der Waals surface area contributed by atoms with Crippen molar-refractivity contribution in [1.29, 1.82) is 0 Å². The van der Waals surface area contributed by atoms with E-state index in [9.17, 15) is 8.42 Å². The zero-order chi connectivity index (χ0) is 13.3. The molecule has 0 radical (unpaired) electrons. The second-order valence-electron chi connectivity index (χ2n) is 5.31. The second kappa shape index (κ2) is 5.19. The summed E-state index contributed by atoms with van der Waals surface area (Å²) >= 11 is 0. The van der Waals surface area contributed by atoms with E-state index in [1.807, 2.05) is 12.1 Å². The molecule has 1 aromatic rings. The molecule has 2 atom stereocenters. The van der Waals surface area contributed by atoms with Gasteiger partial charge in [0.15, 0.2) is 0 Å². The molecule has 0 amide bonds. The maximum atomic E-state index is 12.4. The Morgan fingerprint density at radius 1 is 1.32 bits per heavy atom. The molecule has 0 bridgehead atoms. The highest BCUT2D eigenvalue weighted by atomic mass is 32.2. The molecule has 19 heavy (non-hydrogen) atoms. The van der Waals surface area contributed by atoms with E-state index in [-0.39, 0.29) is 11.8 Å². The monoisotopic (exact) mass is 281 g/mol. The number of nitrogens with one attached hydrogen (secondary N) is 1. The SMILES string of the molecule is O=S(=O)(CCc1ccncc1)N1CC[C@H]2CNC[C@H]21. The topological polar surface area (TPSA) is 62.3 Å². The Morgan fingerprint density at radius 3 is 2.89 bits per heavy atom. The summed E-state index contributed by atoms with van der Waals surface area (Å²) in [5, 5.41) is 3.29. The minimum absolute atomic E-state index is 0.183. The van der Waals surface area contributed by atoms with Crippen LogP contribution in [0.4, 0.5) is 0 Å². The number of hydrogen-bond donors (Lipinski definition) is 1. The van der Waals surface area contributed by atoms with Crippen molar-refractivity contribution in [2.24, 2.45) is 5.92 Å². The third kappa shape index (κ3) is 2.66. The second-order valence-corrected chi connectivity index (χ2v) is 7.35. The van der Waals surface area contributed by atoms with Gasteiger partial charge < -0.3 is 5.32 Å². The van der Waals surface area contributed by atoms with Gasteiger partial charge >= 0.3 is 0 Å². The van der Waals surface area contributed by atoms with Crippen LogP contribution in [0.1, 0.15) is 12.0 Å². The van der Waals surface area contributed by atoms with Crippen LogP contribution in [0.5, 0.6) is 0 Å². The Bertz CT molecular complexity index is 532. The molecule has 0 saturated carbocycles. The van der Waals surface area contributed by atoms with Crippen molar-refractivity contribution in [3.8, 4) is 0 Å². The fraction of sp³-hybridized carbons (Fsp3) is 0.615. The summed E-state index contributed by atoms with van der Waals surface area (Å²) in [5.74, 6) is 0.705. The summed E-state index contributed by atoms with van der Waals surface area (Å²) in [6.07, 6.45) is 4.96. The van der Waals surface area contributed by atoms with Crippen LogP contribution in [-0.2, 0) is 16.4 Å². The molecule has 0 unspecified atom stereocenters. The molecular formula is C13H19N3O2S. The van der Waals surface area contributed by atoms with Crippen molar-refractivity contribution in [3.63, 3.8) is 0 Å². The molecule has 5 nitrogen and oxygen atoms in total. The molecule has 3 rings (SSSR count). The summed E-state index contributed by atoms with van der Waals surface area (Å²) in [6.45, 7) is 2.45. The summed E-state index contributed by atoms with van der Waals surface area (Å²) in [6, 6.07) is 3.93. The molecule has 2 aliphatic heterocycles. The van der Waals surface area contributed by atoms with Crippen LogP contribution in [0, 0.1) is 5.92 Å². The van der Waals surface area contributed by atoms with E-state index < -0.39 is 10.0 Å². The first kappa shape index (κ1) is 13.0. The Balaban J connectivity index is 1.66. The fourth-order valence-electron chi connectivity index (χ4n) is 3.07. The number of hydrogen-bond acceptors (Lipinski definition) is 4. The van der Waals surface area contributed by atoms with E-state index in [0.29, 0.717) is 18.9 Å². The average Bonchev–Trinajstić information content (AvgIpc) is 3.00. The normalized spacial score (nSPS) is 27.6. The minimum atomic E-state index is -3.14. The van der Waals surface area contributed by atoms with E-state index >= 15 is 0 Å². The molecule has 2 aliphatic rings. The van der Waals surface area contributed by atoms with Gasteiger partial charge in [-0.1, -0.05) is 0 Å². The van der Waals surface area contributed by atoms with Crippen LogP contribution >= 0.6 is 0 Å². The van der Waals surface area contributed by atoms with Gasteiger partial charge in [0.2, 0.25) is 10.0 Å². The van der Waals surface area contributed by atoms with E-state index in [2.05, 4.69) is 10.3 Å². The molecule has 2 saturated heterocycles. The largest absolute Gasteiger partial charge is 0.315 e. The van der Waals surface area contributed by atoms with E-state index in [0.717, 1.165) is 25.1 Å². The minimum Gasteiger partial charge on any atom is -0.315 e. The van der Waals surface area contributed by atoms with Crippen LogP contribution in [0.2, 0.25) is 0 Å². The fourth-order valence-corrected chi connectivity index (χ4v) is 4.84. The highest BCUT2D eigenvalue weighted by Crippen LogP contribution is 2.29. The van der Waals surface area contributed by atoms with Crippen molar-refractivity contribution in [3.05, 3.63) is 30.1 Å². The van der Waals surface area contributed by atoms with Crippen LogP contribution in [0.15, 0.2) is 24.5 Å². The molecule has 104 valence electrons. The van der Waals surface area contributed by atoms with Crippen molar-refractivity contribution < 1.29 is 8.42 Å². The molecule has 0 aromatic carbocycles. The zero-order valence-electron chi connectivity index (χ0n) is 10.8. The van der Waals surface area contributed by atoms with E-state index in [1.54, 1.807) is 16.7 Å². The molecule has 0 aliphatic carbocycles. The summed E-state index contributed by atoms with van der Waals surface area (Å²) in [5.41, 5.74) is 1.03. The first-order valence-corrected chi connectivity index (χ1v) is 8.37. The van der Waals surface area contributed by atoms with Crippen molar-refractivity contribution in [2.45, 2.75) is 18.9 Å². The predicted molar refractivity (Wildman–Crippen MR) is 73.2 cm³/mol. The first-order valence-electron chi connectivity index (χ1n) is 6.76. The maximum Gasteiger partial charge on any atom is 0.214 e. The van der Waals surface area contributed by atoms with Crippen molar-refractivity contribution >= 4 is 10.0 Å². The molecule has 1 aromatic heterocycles. The Hall–Kier alpha value is -0.980. The summed E-state index contributed by atoms with van der Waals surface area (Å²) in [7, 11) is -3.14. The molecule has 2 fully saturated rings. The third-order valence-corrected chi connectivity index (χ3v) is 6.04. The highest BCUT2D eigenvalue weighted by molar-refractivity contribution is 7.89. The van der Waals surface area contributed by atoms with Crippen LogP contribution in [-0.4, -0.2) is 49.1 Å². The molecule has 3 heterocycles. The number of rotatable bonds is 4. The number of aryl methyl sites for hydroxylation is 1. The summed E-state index contributed by atoms with van der Waals surface area (Å²) < 4.78 is 26.6. The third-order valence-electron chi connectivity index (χ3n) is 4.15. The van der Waals surface area contributed by atoms with Gasteiger partial charge in [-0.2, -0.15) is 4.31 Å². The first-order chi connectivity index (χ1) is 9.17. The molecular weight excluding hydrogens is 262 g/mol. The molecule has 1 N–H and O–H groups in total. The van der Waals surface area contributed by atoms with Crippen LogP contribution in [0.3, 0.4) is 0 Å². The van der Waals surface area contributed by atoms with Gasteiger partial charge in [-0.3, -0.25) is 4.98 Å². The number of fused-ring (bicyclic) bond motifs is 1. The highest BCUT2D eigenvalue weighted by Gasteiger charge is 2.42. The average molecular weight is 281 g/mol. The Morgan fingerprint density at radius 2 is 2.11 bits per heavy atom. The lowest BCUT2D eigenvalue weighted by Gasteiger charge is -2.22. The van der Waals surface area contributed by atoms with Crippen LogP contribution < -0.4 is 5.32 Å². The number of sulfonamides is 1. The van der Waals surface area contributed by atoms with Gasteiger partial charge in [0, 0.05) is 31.5 Å². The van der Waals surface area contributed by atoms with E-state index in [1.165, 1.54) is 0 Å².